The normalized spacial score (nSPS) is 16.1. The van der Waals surface area contributed by atoms with E-state index in [4.69, 9.17) is 0 Å². The molecule has 0 aliphatic heterocycles. The molecule has 0 saturated carbocycles. The van der Waals surface area contributed by atoms with E-state index in [1.807, 2.05) is 24.3 Å². The molecule has 0 amide bonds. The maximum Gasteiger partial charge on any atom is 0.332 e. The number of aryl methyl sites for hydroxylation is 1. The molecule has 1 N–H and O–H groups in total. The molecule has 1 aromatic heterocycles. The van der Waals surface area contributed by atoms with Gasteiger partial charge >= 0.3 is 5.69 Å². The van der Waals surface area contributed by atoms with Crippen molar-refractivity contribution in [3.05, 3.63) is 61.8 Å². The fourth-order valence-corrected chi connectivity index (χ4v) is 2.99. The van der Waals surface area contributed by atoms with E-state index in [1.54, 1.807) is 7.05 Å². The van der Waals surface area contributed by atoms with Crippen molar-refractivity contribution in [3.8, 4) is 6.07 Å². The smallest absolute Gasteiger partial charge is 0.332 e. The van der Waals surface area contributed by atoms with Crippen LogP contribution in [0.15, 0.2) is 33.9 Å². The summed E-state index contributed by atoms with van der Waals surface area (Å²) in [5.74, 6) is 0.289. The third-order valence-electron chi connectivity index (χ3n) is 4.22. The highest BCUT2D eigenvalue weighted by Gasteiger charge is 2.25. The van der Waals surface area contributed by atoms with Gasteiger partial charge in [0.15, 0.2) is 5.56 Å². The maximum atomic E-state index is 12.1. The van der Waals surface area contributed by atoms with Crippen LogP contribution < -0.4 is 16.6 Å². The number of nitrogens with zero attached hydrogens (tertiary/aromatic N) is 3. The van der Waals surface area contributed by atoms with Crippen LogP contribution in [0.5, 0.6) is 0 Å². The summed E-state index contributed by atoms with van der Waals surface area (Å²) in [6.45, 7) is 0. The van der Waals surface area contributed by atoms with E-state index in [2.05, 4.69) is 11.4 Å². The van der Waals surface area contributed by atoms with Crippen LogP contribution in [0.4, 0.5) is 5.82 Å². The lowest BCUT2D eigenvalue weighted by Crippen LogP contribution is -2.40. The molecule has 112 valence electrons. The fourth-order valence-electron chi connectivity index (χ4n) is 2.99. The maximum absolute atomic E-state index is 12.1. The number of anilines is 1. The highest BCUT2D eigenvalue weighted by molar-refractivity contribution is 5.53. The van der Waals surface area contributed by atoms with Crippen molar-refractivity contribution in [2.45, 2.75) is 18.9 Å². The summed E-state index contributed by atoms with van der Waals surface area (Å²) in [6.07, 6.45) is 1.81. The first-order chi connectivity index (χ1) is 10.5. The molecule has 1 atom stereocenters. The van der Waals surface area contributed by atoms with E-state index in [1.165, 1.54) is 17.2 Å². The van der Waals surface area contributed by atoms with E-state index in [0.29, 0.717) is 0 Å². The molecule has 0 fully saturated rings. The number of aromatic nitrogens is 2. The summed E-state index contributed by atoms with van der Waals surface area (Å²) in [5.41, 5.74) is 1.36. The molecule has 2 aromatic rings. The zero-order valence-electron chi connectivity index (χ0n) is 12.5. The van der Waals surface area contributed by atoms with Crippen LogP contribution in [0.25, 0.3) is 0 Å². The van der Waals surface area contributed by atoms with E-state index >= 15 is 0 Å². The number of nitrogens with one attached hydrogen (secondary N) is 1. The van der Waals surface area contributed by atoms with Gasteiger partial charge in [-0.15, -0.1) is 0 Å². The molecule has 0 saturated heterocycles. The summed E-state index contributed by atoms with van der Waals surface area (Å²) in [6, 6.07) is 9.98. The van der Waals surface area contributed by atoms with Gasteiger partial charge in [-0.05, 0) is 24.0 Å². The standard InChI is InChI=1S/C16H16N4O2/c1-19-14(12(9-17)15(21)20(2)16(19)22)18-13-8-7-10-5-3-4-6-11(10)13/h3-6,13,18H,7-8H2,1-2H3/t13-/m0/s1. The van der Waals surface area contributed by atoms with E-state index in [0.717, 1.165) is 23.0 Å². The van der Waals surface area contributed by atoms with Crippen LogP contribution in [-0.4, -0.2) is 9.13 Å². The largest absolute Gasteiger partial charge is 0.363 e. The minimum atomic E-state index is -0.570. The summed E-state index contributed by atoms with van der Waals surface area (Å²) in [7, 11) is 2.94. The predicted octanol–water partition coefficient (Wildman–Crippen LogP) is 1.06. The molecular formula is C16H16N4O2. The second-order valence-corrected chi connectivity index (χ2v) is 5.48. The van der Waals surface area contributed by atoms with Crippen molar-refractivity contribution in [1.82, 2.24) is 9.13 Å². The number of hydrogen-bond acceptors (Lipinski definition) is 4. The molecule has 6 heteroatoms. The van der Waals surface area contributed by atoms with Crippen LogP contribution in [0, 0.1) is 11.3 Å². The highest BCUT2D eigenvalue weighted by atomic mass is 16.2. The fraction of sp³-hybridized carbons (Fsp3) is 0.312. The third kappa shape index (κ3) is 2.02. The Bertz CT molecular complexity index is 902. The van der Waals surface area contributed by atoms with Crippen LogP contribution >= 0.6 is 0 Å². The van der Waals surface area contributed by atoms with E-state index < -0.39 is 11.2 Å². The summed E-state index contributed by atoms with van der Waals surface area (Å²) >= 11 is 0. The van der Waals surface area contributed by atoms with Crippen molar-refractivity contribution in [2.75, 3.05) is 5.32 Å². The molecule has 1 heterocycles. The molecule has 1 aliphatic carbocycles. The Morgan fingerprint density at radius 3 is 2.68 bits per heavy atom. The summed E-state index contributed by atoms with van der Waals surface area (Å²) in [4.78, 5) is 24.2. The summed E-state index contributed by atoms with van der Waals surface area (Å²) < 4.78 is 2.27. The first-order valence-corrected chi connectivity index (χ1v) is 7.09. The first kappa shape index (κ1) is 14.1. The van der Waals surface area contributed by atoms with E-state index in [-0.39, 0.29) is 17.4 Å². The molecule has 22 heavy (non-hydrogen) atoms. The summed E-state index contributed by atoms with van der Waals surface area (Å²) in [5, 5.41) is 12.5. The average molecular weight is 296 g/mol. The first-order valence-electron chi connectivity index (χ1n) is 7.09. The molecule has 1 aromatic carbocycles. The number of hydrogen-bond donors (Lipinski definition) is 1. The van der Waals surface area contributed by atoms with Gasteiger partial charge in [-0.2, -0.15) is 5.26 Å². The number of fused-ring (bicyclic) bond motifs is 1. The second kappa shape index (κ2) is 5.19. The number of nitriles is 1. The highest BCUT2D eigenvalue weighted by Crippen LogP contribution is 2.33. The van der Waals surface area contributed by atoms with Crippen molar-refractivity contribution >= 4 is 5.82 Å². The van der Waals surface area contributed by atoms with Gasteiger partial charge in [0.2, 0.25) is 0 Å². The Morgan fingerprint density at radius 2 is 1.95 bits per heavy atom. The molecular weight excluding hydrogens is 280 g/mol. The van der Waals surface area contributed by atoms with Crippen LogP contribution in [0.1, 0.15) is 29.2 Å². The van der Waals surface area contributed by atoms with Gasteiger partial charge in [0.05, 0.1) is 6.04 Å². The lowest BCUT2D eigenvalue weighted by Gasteiger charge is -2.19. The topological polar surface area (TPSA) is 79.8 Å². The Labute approximate surface area is 127 Å². The van der Waals surface area contributed by atoms with Gasteiger partial charge in [0.1, 0.15) is 11.9 Å². The van der Waals surface area contributed by atoms with Crippen molar-refractivity contribution in [3.63, 3.8) is 0 Å². The Morgan fingerprint density at radius 1 is 1.23 bits per heavy atom. The van der Waals surface area contributed by atoms with Crippen LogP contribution in [0.3, 0.4) is 0 Å². The molecule has 0 spiro atoms. The molecule has 6 nitrogen and oxygen atoms in total. The lowest BCUT2D eigenvalue weighted by atomic mass is 10.1. The molecule has 3 rings (SSSR count). The van der Waals surface area contributed by atoms with Crippen molar-refractivity contribution in [2.24, 2.45) is 14.1 Å². The molecule has 1 aliphatic rings. The molecule has 0 unspecified atom stereocenters. The third-order valence-corrected chi connectivity index (χ3v) is 4.22. The zero-order chi connectivity index (χ0) is 15.9. The van der Waals surface area contributed by atoms with Gasteiger partial charge in [-0.1, -0.05) is 24.3 Å². The van der Waals surface area contributed by atoms with Crippen molar-refractivity contribution < 1.29 is 0 Å². The van der Waals surface area contributed by atoms with Crippen LogP contribution in [0.2, 0.25) is 0 Å². The van der Waals surface area contributed by atoms with Gasteiger partial charge < -0.3 is 5.32 Å². The Balaban J connectivity index is 2.10. The molecule has 0 radical (unpaired) electrons. The minimum absolute atomic E-state index is 0.000932. The quantitative estimate of drug-likeness (QED) is 0.898. The number of rotatable bonds is 2. The van der Waals surface area contributed by atoms with Gasteiger partial charge in [-0.3, -0.25) is 13.9 Å². The second-order valence-electron chi connectivity index (χ2n) is 5.48. The number of benzene rings is 1. The molecule has 0 bridgehead atoms. The van der Waals surface area contributed by atoms with Crippen LogP contribution in [-0.2, 0) is 20.5 Å². The van der Waals surface area contributed by atoms with Gasteiger partial charge in [-0.25, -0.2) is 4.79 Å². The lowest BCUT2D eigenvalue weighted by molar-refractivity contribution is 0.668. The predicted molar refractivity (Wildman–Crippen MR) is 82.8 cm³/mol. The Hall–Kier alpha value is -2.81. The minimum Gasteiger partial charge on any atom is -0.363 e. The zero-order valence-corrected chi connectivity index (χ0v) is 12.5. The van der Waals surface area contributed by atoms with Gasteiger partial charge in [0.25, 0.3) is 5.56 Å². The van der Waals surface area contributed by atoms with Crippen molar-refractivity contribution in [1.29, 1.82) is 5.26 Å². The van der Waals surface area contributed by atoms with Gasteiger partial charge in [0, 0.05) is 14.1 Å². The monoisotopic (exact) mass is 296 g/mol. The Kier molecular flexibility index (Phi) is 3.33. The average Bonchev–Trinajstić information content (AvgIpc) is 2.94. The SMILES string of the molecule is Cn1c(N[C@H]2CCc3ccccc32)c(C#N)c(=O)n(C)c1=O. The van der Waals surface area contributed by atoms with E-state index in [9.17, 15) is 14.9 Å².